The van der Waals surface area contributed by atoms with E-state index in [9.17, 15) is 9.59 Å². The van der Waals surface area contributed by atoms with Gasteiger partial charge >= 0.3 is 11.8 Å². The first-order valence-corrected chi connectivity index (χ1v) is 5.87. The van der Waals surface area contributed by atoms with Gasteiger partial charge in [-0.25, -0.2) is 0 Å². The van der Waals surface area contributed by atoms with E-state index in [-0.39, 0.29) is 13.2 Å². The van der Waals surface area contributed by atoms with Gasteiger partial charge in [0.1, 0.15) is 0 Å². The Labute approximate surface area is 106 Å². The fraction of sp³-hybridized carbons (Fsp3) is 0.385. The highest BCUT2D eigenvalue weighted by molar-refractivity contribution is 6.40. The van der Waals surface area contributed by atoms with E-state index in [1.807, 2.05) is 25.1 Å². The fourth-order valence-corrected chi connectivity index (χ4v) is 1.61. The molecule has 1 aromatic rings. The Bertz CT molecular complexity index is 432. The van der Waals surface area contributed by atoms with Gasteiger partial charge in [0.25, 0.3) is 0 Å². The molecule has 0 unspecified atom stereocenters. The lowest BCUT2D eigenvalue weighted by Gasteiger charge is -2.20. The SMILES string of the molecule is CCN(C(=O)C(=O)NCCO)c1cccc(C)c1. The Morgan fingerprint density at radius 2 is 2.11 bits per heavy atom. The van der Waals surface area contributed by atoms with E-state index < -0.39 is 11.8 Å². The maximum atomic E-state index is 11.9. The van der Waals surface area contributed by atoms with Gasteiger partial charge < -0.3 is 15.3 Å². The smallest absolute Gasteiger partial charge is 0.316 e. The van der Waals surface area contributed by atoms with Crippen LogP contribution < -0.4 is 10.2 Å². The second-order valence-corrected chi connectivity index (χ2v) is 3.87. The third-order valence-corrected chi connectivity index (χ3v) is 2.47. The van der Waals surface area contributed by atoms with Crippen LogP contribution in [0.3, 0.4) is 0 Å². The van der Waals surface area contributed by atoms with Crippen molar-refractivity contribution in [1.29, 1.82) is 0 Å². The molecule has 1 rings (SSSR count). The van der Waals surface area contributed by atoms with Gasteiger partial charge in [0, 0.05) is 18.8 Å². The third kappa shape index (κ3) is 3.56. The van der Waals surface area contributed by atoms with Gasteiger partial charge in [-0.1, -0.05) is 12.1 Å². The van der Waals surface area contributed by atoms with Crippen LogP contribution >= 0.6 is 0 Å². The monoisotopic (exact) mass is 250 g/mol. The lowest BCUT2D eigenvalue weighted by atomic mass is 10.2. The first-order chi connectivity index (χ1) is 8.60. The van der Waals surface area contributed by atoms with E-state index in [0.29, 0.717) is 12.2 Å². The van der Waals surface area contributed by atoms with Gasteiger partial charge in [0.2, 0.25) is 0 Å². The van der Waals surface area contributed by atoms with Crippen LogP contribution in [0.15, 0.2) is 24.3 Å². The molecule has 0 atom stereocenters. The number of carbonyl (C=O) groups excluding carboxylic acids is 2. The van der Waals surface area contributed by atoms with Crippen molar-refractivity contribution in [1.82, 2.24) is 5.32 Å². The molecule has 0 saturated heterocycles. The summed E-state index contributed by atoms with van der Waals surface area (Å²) in [5.74, 6) is -1.32. The van der Waals surface area contributed by atoms with Crippen molar-refractivity contribution < 1.29 is 14.7 Å². The van der Waals surface area contributed by atoms with Crippen LogP contribution in [-0.2, 0) is 9.59 Å². The molecule has 2 N–H and O–H groups in total. The van der Waals surface area contributed by atoms with Crippen LogP contribution in [0, 0.1) is 6.92 Å². The number of aliphatic hydroxyl groups excluding tert-OH is 1. The second kappa shape index (κ2) is 6.76. The first-order valence-electron chi connectivity index (χ1n) is 5.87. The fourth-order valence-electron chi connectivity index (χ4n) is 1.61. The van der Waals surface area contributed by atoms with Crippen LogP contribution in [-0.4, -0.2) is 36.6 Å². The Kier molecular flexibility index (Phi) is 5.32. The topological polar surface area (TPSA) is 69.6 Å². The number of aliphatic hydroxyl groups is 1. The lowest BCUT2D eigenvalue weighted by molar-refractivity contribution is -0.137. The molecule has 0 aliphatic heterocycles. The molecule has 0 spiro atoms. The molecule has 0 radical (unpaired) electrons. The summed E-state index contributed by atoms with van der Waals surface area (Å²) in [5.41, 5.74) is 1.72. The Hall–Kier alpha value is -1.88. The largest absolute Gasteiger partial charge is 0.395 e. The standard InChI is InChI=1S/C13H18N2O3/c1-3-15(11-6-4-5-10(2)9-11)13(18)12(17)14-7-8-16/h4-6,9,16H,3,7-8H2,1-2H3,(H,14,17). The van der Waals surface area contributed by atoms with E-state index in [1.165, 1.54) is 4.90 Å². The molecule has 98 valence electrons. The average Bonchev–Trinajstić information content (AvgIpc) is 2.36. The number of likely N-dealkylation sites (N-methyl/N-ethyl adjacent to an activating group) is 1. The van der Waals surface area contributed by atoms with Gasteiger partial charge in [-0.3, -0.25) is 9.59 Å². The molecule has 0 fully saturated rings. The number of hydrogen-bond acceptors (Lipinski definition) is 3. The zero-order chi connectivity index (χ0) is 13.5. The number of benzene rings is 1. The molecule has 5 heteroatoms. The van der Waals surface area contributed by atoms with Crippen molar-refractivity contribution in [3.63, 3.8) is 0 Å². The minimum atomic E-state index is -0.701. The second-order valence-electron chi connectivity index (χ2n) is 3.87. The van der Waals surface area contributed by atoms with Crippen molar-refractivity contribution in [2.45, 2.75) is 13.8 Å². The normalized spacial score (nSPS) is 9.94. The molecular weight excluding hydrogens is 232 g/mol. The summed E-state index contributed by atoms with van der Waals surface area (Å²) in [7, 11) is 0. The summed E-state index contributed by atoms with van der Waals surface area (Å²) in [4.78, 5) is 24.9. The molecule has 1 aromatic carbocycles. The van der Waals surface area contributed by atoms with Crippen molar-refractivity contribution in [3.05, 3.63) is 29.8 Å². The van der Waals surface area contributed by atoms with Crippen LogP contribution in [0.4, 0.5) is 5.69 Å². The van der Waals surface area contributed by atoms with Crippen LogP contribution in [0.5, 0.6) is 0 Å². The Morgan fingerprint density at radius 3 is 2.67 bits per heavy atom. The summed E-state index contributed by atoms with van der Waals surface area (Å²) < 4.78 is 0. The van der Waals surface area contributed by atoms with Crippen molar-refractivity contribution in [2.24, 2.45) is 0 Å². The quantitative estimate of drug-likeness (QED) is 0.763. The van der Waals surface area contributed by atoms with Crippen molar-refractivity contribution in [3.8, 4) is 0 Å². The van der Waals surface area contributed by atoms with Gasteiger partial charge in [-0.2, -0.15) is 0 Å². The molecule has 0 bridgehead atoms. The number of carbonyl (C=O) groups is 2. The molecule has 0 aromatic heterocycles. The van der Waals surface area contributed by atoms with Crippen LogP contribution in [0.25, 0.3) is 0 Å². The lowest BCUT2D eigenvalue weighted by Crippen LogP contribution is -2.43. The highest BCUT2D eigenvalue weighted by Gasteiger charge is 2.21. The molecule has 0 aliphatic rings. The first kappa shape index (κ1) is 14.2. The molecule has 18 heavy (non-hydrogen) atoms. The summed E-state index contributed by atoms with van der Waals surface area (Å²) in [6.07, 6.45) is 0. The van der Waals surface area contributed by atoms with E-state index in [0.717, 1.165) is 5.56 Å². The number of amides is 2. The number of nitrogens with zero attached hydrogens (tertiary/aromatic N) is 1. The van der Waals surface area contributed by atoms with Gasteiger partial charge in [-0.05, 0) is 31.5 Å². The number of hydrogen-bond donors (Lipinski definition) is 2. The van der Waals surface area contributed by atoms with Crippen molar-refractivity contribution >= 4 is 17.5 Å². The number of aryl methyl sites for hydroxylation is 1. The van der Waals surface area contributed by atoms with Crippen LogP contribution in [0.1, 0.15) is 12.5 Å². The molecule has 2 amide bonds. The predicted octanol–water partition coefficient (Wildman–Crippen LogP) is 0.456. The summed E-state index contributed by atoms with van der Waals surface area (Å²) >= 11 is 0. The maximum Gasteiger partial charge on any atom is 0.316 e. The number of rotatable bonds is 4. The van der Waals surface area contributed by atoms with Crippen LogP contribution in [0.2, 0.25) is 0 Å². The highest BCUT2D eigenvalue weighted by atomic mass is 16.3. The number of nitrogens with one attached hydrogen (secondary N) is 1. The Balaban J connectivity index is 2.83. The zero-order valence-electron chi connectivity index (χ0n) is 10.6. The zero-order valence-corrected chi connectivity index (χ0v) is 10.6. The van der Waals surface area contributed by atoms with E-state index in [4.69, 9.17) is 5.11 Å². The summed E-state index contributed by atoms with van der Waals surface area (Å²) in [6.45, 7) is 4.04. The minimum absolute atomic E-state index is 0.0793. The molecule has 0 heterocycles. The van der Waals surface area contributed by atoms with E-state index >= 15 is 0 Å². The summed E-state index contributed by atoms with van der Waals surface area (Å²) in [6, 6.07) is 7.40. The highest BCUT2D eigenvalue weighted by Crippen LogP contribution is 2.15. The summed E-state index contributed by atoms with van der Waals surface area (Å²) in [5, 5.41) is 11.0. The third-order valence-electron chi connectivity index (χ3n) is 2.47. The molecule has 0 saturated carbocycles. The minimum Gasteiger partial charge on any atom is -0.395 e. The van der Waals surface area contributed by atoms with E-state index in [1.54, 1.807) is 13.0 Å². The number of anilines is 1. The maximum absolute atomic E-state index is 11.9. The molecule has 0 aliphatic carbocycles. The molecular formula is C13H18N2O3. The van der Waals surface area contributed by atoms with E-state index in [2.05, 4.69) is 5.32 Å². The van der Waals surface area contributed by atoms with Gasteiger partial charge in [0.05, 0.1) is 6.61 Å². The van der Waals surface area contributed by atoms with Crippen molar-refractivity contribution in [2.75, 3.05) is 24.6 Å². The molecule has 5 nitrogen and oxygen atoms in total. The van der Waals surface area contributed by atoms with Gasteiger partial charge in [-0.15, -0.1) is 0 Å². The van der Waals surface area contributed by atoms with Gasteiger partial charge in [0.15, 0.2) is 0 Å². The average molecular weight is 250 g/mol. The Morgan fingerprint density at radius 1 is 1.39 bits per heavy atom. The predicted molar refractivity (Wildman–Crippen MR) is 69.3 cm³/mol.